The van der Waals surface area contributed by atoms with Crippen LogP contribution in [-0.4, -0.2) is 44.7 Å². The highest BCUT2D eigenvalue weighted by Gasteiger charge is 2.27. The fraction of sp³-hybridized carbons (Fsp3) is 0.833. The normalized spacial score (nSPS) is 19.3. The molecule has 1 rings (SSSR count). The molecular formula is C12H20O6. The third-order valence-electron chi connectivity index (χ3n) is 2.85. The van der Waals surface area contributed by atoms with Crippen molar-refractivity contribution in [2.75, 3.05) is 26.4 Å². The summed E-state index contributed by atoms with van der Waals surface area (Å²) in [5.74, 6) is -0.232. The van der Waals surface area contributed by atoms with Gasteiger partial charge >= 0.3 is 12.1 Å². The molecule has 1 saturated heterocycles. The molecule has 0 aromatic carbocycles. The first-order valence-electron chi connectivity index (χ1n) is 6.04. The summed E-state index contributed by atoms with van der Waals surface area (Å²) in [5.41, 5.74) is -0.463. The van der Waals surface area contributed by atoms with E-state index in [0.29, 0.717) is 0 Å². The molecule has 1 aliphatic rings. The van der Waals surface area contributed by atoms with Gasteiger partial charge in [-0.25, -0.2) is 4.79 Å². The SMILES string of the molecule is CCC(C)(C)C(=O)OCCOCC1COC(=O)O1. The van der Waals surface area contributed by atoms with Gasteiger partial charge in [0.2, 0.25) is 0 Å². The Bertz CT molecular complexity index is 299. The van der Waals surface area contributed by atoms with Crippen LogP contribution in [0.2, 0.25) is 0 Å². The van der Waals surface area contributed by atoms with Gasteiger partial charge in [-0.3, -0.25) is 4.79 Å². The van der Waals surface area contributed by atoms with Gasteiger partial charge in [0, 0.05) is 0 Å². The number of rotatable bonds is 7. The smallest absolute Gasteiger partial charge is 0.463 e. The van der Waals surface area contributed by atoms with Crippen LogP contribution in [0.4, 0.5) is 4.79 Å². The van der Waals surface area contributed by atoms with Crippen molar-refractivity contribution >= 4 is 12.1 Å². The summed E-state index contributed by atoms with van der Waals surface area (Å²) in [6.07, 6.45) is -0.304. The average molecular weight is 260 g/mol. The van der Waals surface area contributed by atoms with Crippen LogP contribution < -0.4 is 0 Å². The van der Waals surface area contributed by atoms with Gasteiger partial charge in [0.15, 0.2) is 6.10 Å². The summed E-state index contributed by atoms with van der Waals surface area (Å²) < 4.78 is 19.7. The minimum Gasteiger partial charge on any atom is -0.463 e. The van der Waals surface area contributed by atoms with Crippen molar-refractivity contribution in [3.05, 3.63) is 0 Å². The van der Waals surface area contributed by atoms with Crippen LogP contribution >= 0.6 is 0 Å². The van der Waals surface area contributed by atoms with Crippen molar-refractivity contribution in [1.29, 1.82) is 0 Å². The lowest BCUT2D eigenvalue weighted by molar-refractivity contribution is -0.155. The highest BCUT2D eigenvalue weighted by atomic mass is 16.8. The highest BCUT2D eigenvalue weighted by Crippen LogP contribution is 2.21. The molecule has 18 heavy (non-hydrogen) atoms. The lowest BCUT2D eigenvalue weighted by Gasteiger charge is -2.20. The second-order valence-electron chi connectivity index (χ2n) is 4.75. The molecule has 0 aliphatic carbocycles. The quantitative estimate of drug-likeness (QED) is 0.510. The van der Waals surface area contributed by atoms with Gasteiger partial charge < -0.3 is 18.9 Å². The fourth-order valence-corrected chi connectivity index (χ4v) is 1.20. The van der Waals surface area contributed by atoms with Crippen LogP contribution in [0.25, 0.3) is 0 Å². The Morgan fingerprint density at radius 2 is 2.17 bits per heavy atom. The standard InChI is InChI=1S/C12H20O6/c1-4-12(2,3)10(13)16-6-5-15-7-9-8-17-11(14)18-9/h9H,4-8H2,1-3H3. The zero-order valence-corrected chi connectivity index (χ0v) is 11.1. The Morgan fingerprint density at radius 1 is 1.44 bits per heavy atom. The van der Waals surface area contributed by atoms with Crippen LogP contribution in [0, 0.1) is 5.41 Å². The molecule has 0 radical (unpaired) electrons. The minimum absolute atomic E-state index is 0.198. The molecule has 0 aromatic rings. The number of carbonyl (C=O) groups is 2. The summed E-state index contributed by atoms with van der Waals surface area (Å²) in [6.45, 7) is 6.55. The van der Waals surface area contributed by atoms with Crippen molar-refractivity contribution in [1.82, 2.24) is 0 Å². The molecule has 1 heterocycles. The van der Waals surface area contributed by atoms with E-state index in [0.717, 1.165) is 6.42 Å². The summed E-state index contributed by atoms with van der Waals surface area (Å²) in [7, 11) is 0. The third kappa shape index (κ3) is 4.52. The van der Waals surface area contributed by atoms with Crippen LogP contribution in [0.1, 0.15) is 27.2 Å². The van der Waals surface area contributed by atoms with Crippen molar-refractivity contribution in [2.24, 2.45) is 5.41 Å². The highest BCUT2D eigenvalue weighted by molar-refractivity contribution is 5.75. The van der Waals surface area contributed by atoms with Crippen LogP contribution in [0.5, 0.6) is 0 Å². The van der Waals surface area contributed by atoms with E-state index in [1.165, 1.54) is 0 Å². The van der Waals surface area contributed by atoms with Gasteiger partial charge in [0.25, 0.3) is 0 Å². The van der Waals surface area contributed by atoms with Crippen molar-refractivity contribution in [3.63, 3.8) is 0 Å². The Balaban J connectivity index is 2.05. The molecule has 6 heteroatoms. The molecule has 0 saturated carbocycles. The summed E-state index contributed by atoms with van der Waals surface area (Å²) >= 11 is 0. The van der Waals surface area contributed by atoms with Gasteiger partial charge in [-0.2, -0.15) is 0 Å². The lowest BCUT2D eigenvalue weighted by Crippen LogP contribution is -2.27. The summed E-state index contributed by atoms with van der Waals surface area (Å²) in [6, 6.07) is 0. The summed E-state index contributed by atoms with van der Waals surface area (Å²) in [4.78, 5) is 22.2. The van der Waals surface area contributed by atoms with E-state index in [1.54, 1.807) is 0 Å². The van der Waals surface area contributed by atoms with Gasteiger partial charge in [-0.05, 0) is 20.3 Å². The number of esters is 1. The van der Waals surface area contributed by atoms with Crippen LogP contribution in [0.15, 0.2) is 0 Å². The maximum absolute atomic E-state index is 11.6. The molecule has 1 unspecified atom stereocenters. The Labute approximate surface area is 107 Å². The molecule has 0 amide bonds. The monoisotopic (exact) mass is 260 g/mol. The lowest BCUT2D eigenvalue weighted by atomic mass is 9.91. The largest absolute Gasteiger partial charge is 0.508 e. The van der Waals surface area contributed by atoms with E-state index in [4.69, 9.17) is 14.2 Å². The van der Waals surface area contributed by atoms with E-state index in [-0.39, 0.29) is 38.5 Å². The maximum Gasteiger partial charge on any atom is 0.508 e. The second kappa shape index (κ2) is 6.58. The number of hydrogen-bond donors (Lipinski definition) is 0. The zero-order chi connectivity index (χ0) is 13.6. The number of cyclic esters (lactones) is 2. The van der Waals surface area contributed by atoms with Crippen LogP contribution in [-0.2, 0) is 23.7 Å². The van der Waals surface area contributed by atoms with Gasteiger partial charge in [-0.15, -0.1) is 0 Å². The van der Waals surface area contributed by atoms with Gasteiger partial charge in [0.1, 0.15) is 13.2 Å². The first-order valence-corrected chi connectivity index (χ1v) is 6.04. The predicted octanol–water partition coefficient (Wildman–Crippen LogP) is 1.52. The first kappa shape index (κ1) is 14.8. The number of carbonyl (C=O) groups excluding carboxylic acids is 2. The molecular weight excluding hydrogens is 240 g/mol. The molecule has 0 spiro atoms. The molecule has 1 atom stereocenters. The third-order valence-corrected chi connectivity index (χ3v) is 2.85. The molecule has 1 fully saturated rings. The Hall–Kier alpha value is -1.30. The summed E-state index contributed by atoms with van der Waals surface area (Å²) in [5, 5.41) is 0. The Kier molecular flexibility index (Phi) is 5.40. The van der Waals surface area contributed by atoms with E-state index in [9.17, 15) is 9.59 Å². The van der Waals surface area contributed by atoms with Gasteiger partial charge in [0.05, 0.1) is 18.6 Å². The topological polar surface area (TPSA) is 71.1 Å². The zero-order valence-electron chi connectivity index (χ0n) is 11.1. The molecule has 0 aromatic heterocycles. The van der Waals surface area contributed by atoms with E-state index in [1.807, 2.05) is 20.8 Å². The van der Waals surface area contributed by atoms with Crippen molar-refractivity contribution in [3.8, 4) is 0 Å². The maximum atomic E-state index is 11.6. The van der Waals surface area contributed by atoms with E-state index >= 15 is 0 Å². The molecule has 0 bridgehead atoms. The number of hydrogen-bond acceptors (Lipinski definition) is 6. The van der Waals surface area contributed by atoms with E-state index < -0.39 is 11.6 Å². The molecule has 0 N–H and O–H groups in total. The predicted molar refractivity (Wildman–Crippen MR) is 62.1 cm³/mol. The average Bonchev–Trinajstić information content (AvgIpc) is 2.74. The molecule has 1 aliphatic heterocycles. The Morgan fingerprint density at radius 3 is 2.72 bits per heavy atom. The van der Waals surface area contributed by atoms with Crippen molar-refractivity contribution in [2.45, 2.75) is 33.3 Å². The molecule has 104 valence electrons. The molecule has 6 nitrogen and oxygen atoms in total. The second-order valence-corrected chi connectivity index (χ2v) is 4.75. The van der Waals surface area contributed by atoms with Crippen molar-refractivity contribution < 1.29 is 28.5 Å². The van der Waals surface area contributed by atoms with Crippen LogP contribution in [0.3, 0.4) is 0 Å². The van der Waals surface area contributed by atoms with Gasteiger partial charge in [-0.1, -0.05) is 6.92 Å². The number of ether oxygens (including phenoxy) is 4. The first-order chi connectivity index (χ1) is 8.45. The van der Waals surface area contributed by atoms with E-state index in [2.05, 4.69) is 4.74 Å². The minimum atomic E-state index is -0.667. The fourth-order valence-electron chi connectivity index (χ4n) is 1.20.